The van der Waals surface area contributed by atoms with E-state index >= 15 is 0 Å². The second kappa shape index (κ2) is 17.1. The first-order valence-corrected chi connectivity index (χ1v) is 20.6. The standard InChI is InChI=1S/C46H35N2.C11H8N.Ir/c1-31-11-19-39(20-12-31)48(38-8-4-3-5-9-38)40-21-16-33(17-22-40)34-18-24-42-41-23-13-32(2)26-43(41)46(44(42)28-34)29-36-15-14-35(27-37(36)30-46)45-10-6-7-25-47-45;1-2-6-10(7-3-1)11-8-4-5-9-12-11;/h3-13,15-28H,29-30H2,1-2H3;1-6,8-9H;/q2*-1;. The second-order valence-electron chi connectivity index (χ2n) is 15.9. The molecule has 0 aliphatic heterocycles. The predicted molar refractivity (Wildman–Crippen MR) is 247 cm³/mol. The number of hydrogen-bond donors (Lipinski definition) is 0. The van der Waals surface area contributed by atoms with Crippen LogP contribution in [0.25, 0.3) is 44.8 Å². The Kier molecular flexibility index (Phi) is 11.1. The number of pyridine rings is 2. The van der Waals surface area contributed by atoms with Crippen molar-refractivity contribution in [2.75, 3.05) is 4.90 Å². The molecule has 2 aromatic heterocycles. The number of para-hydroxylation sites is 1. The average Bonchev–Trinajstić information content (AvgIpc) is 3.82. The Bertz CT molecular complexity index is 2880. The smallest absolute Gasteiger partial charge is 0.0462 e. The van der Waals surface area contributed by atoms with Crippen LogP contribution in [0.5, 0.6) is 0 Å². The van der Waals surface area contributed by atoms with Crippen molar-refractivity contribution < 1.29 is 20.1 Å². The maximum Gasteiger partial charge on any atom is 0.0462 e. The summed E-state index contributed by atoms with van der Waals surface area (Å²) in [5.41, 5.74) is 20.9. The number of fused-ring (bicyclic) bond motifs is 6. The Morgan fingerprint density at radius 3 is 1.72 bits per heavy atom. The SMILES string of the molecule is Cc1ccc(N(c2ccccc2)c2ccc(-c3ccc4c(c3)C3(Cc5c[c-]c(-c6ccccn6)cc5C3)c3cc(C)ccc3-4)cc2)cc1.[Ir].[c-]1ccccc1-c1ccccn1. The van der Waals surface area contributed by atoms with Crippen LogP contribution in [0, 0.1) is 26.0 Å². The Labute approximate surface area is 372 Å². The third kappa shape index (κ3) is 7.77. The molecule has 3 nitrogen and oxygen atoms in total. The minimum atomic E-state index is -0.0961. The van der Waals surface area contributed by atoms with Crippen LogP contribution in [-0.2, 0) is 38.4 Å². The Morgan fingerprint density at radius 1 is 0.475 bits per heavy atom. The van der Waals surface area contributed by atoms with Crippen LogP contribution in [0.15, 0.2) is 200 Å². The number of benzene rings is 7. The Morgan fingerprint density at radius 2 is 1.05 bits per heavy atom. The van der Waals surface area contributed by atoms with E-state index in [1.807, 2.05) is 60.8 Å². The predicted octanol–water partition coefficient (Wildman–Crippen LogP) is 13.9. The van der Waals surface area contributed by atoms with E-state index < -0.39 is 0 Å². The molecule has 0 fully saturated rings. The number of nitrogens with zero attached hydrogens (tertiary/aromatic N) is 3. The van der Waals surface area contributed by atoms with Crippen LogP contribution in [-0.4, -0.2) is 9.97 Å². The summed E-state index contributed by atoms with van der Waals surface area (Å²) in [6.07, 6.45) is 5.61. The maximum absolute atomic E-state index is 4.61. The minimum absolute atomic E-state index is 0. The van der Waals surface area contributed by atoms with Gasteiger partial charge in [-0.1, -0.05) is 108 Å². The number of hydrogen-bond acceptors (Lipinski definition) is 3. The summed E-state index contributed by atoms with van der Waals surface area (Å²) in [7, 11) is 0. The molecule has 61 heavy (non-hydrogen) atoms. The monoisotopic (exact) mass is 962 g/mol. The molecule has 1 spiro atoms. The van der Waals surface area contributed by atoms with Gasteiger partial charge in [-0.15, -0.1) is 70.8 Å². The van der Waals surface area contributed by atoms with E-state index in [4.69, 9.17) is 0 Å². The van der Waals surface area contributed by atoms with Gasteiger partial charge in [0.2, 0.25) is 0 Å². The fourth-order valence-corrected chi connectivity index (χ4v) is 9.04. The van der Waals surface area contributed by atoms with Gasteiger partial charge in [0.25, 0.3) is 0 Å². The molecule has 297 valence electrons. The molecule has 4 heteroatoms. The van der Waals surface area contributed by atoms with Crippen molar-refractivity contribution in [2.45, 2.75) is 32.1 Å². The topological polar surface area (TPSA) is 29.0 Å². The van der Waals surface area contributed by atoms with Gasteiger partial charge in [-0.3, -0.25) is 0 Å². The summed E-state index contributed by atoms with van der Waals surface area (Å²) in [4.78, 5) is 11.2. The molecule has 0 amide bonds. The molecule has 7 aromatic carbocycles. The zero-order valence-corrected chi connectivity index (χ0v) is 36.5. The normalized spacial score (nSPS) is 14.2. The number of anilines is 3. The Balaban J connectivity index is 0.000000316. The molecule has 2 aliphatic carbocycles. The van der Waals surface area contributed by atoms with Gasteiger partial charge in [0.05, 0.1) is 0 Å². The molecule has 9 aromatic rings. The summed E-state index contributed by atoms with van der Waals surface area (Å²) < 4.78 is 0. The molecule has 1 unspecified atom stereocenters. The summed E-state index contributed by atoms with van der Waals surface area (Å²) in [6.45, 7) is 4.35. The van der Waals surface area contributed by atoms with Gasteiger partial charge in [-0.05, 0) is 126 Å². The summed E-state index contributed by atoms with van der Waals surface area (Å²) >= 11 is 0. The first-order chi connectivity index (χ1) is 29.5. The van der Waals surface area contributed by atoms with E-state index in [9.17, 15) is 0 Å². The third-order valence-electron chi connectivity index (χ3n) is 12.0. The van der Waals surface area contributed by atoms with E-state index in [1.165, 1.54) is 55.6 Å². The molecule has 0 N–H and O–H groups in total. The number of rotatable bonds is 6. The summed E-state index contributed by atoms with van der Waals surface area (Å²) in [6, 6.07) is 73.6. The molecule has 0 saturated carbocycles. The zero-order chi connectivity index (χ0) is 40.5. The van der Waals surface area contributed by atoms with Gasteiger partial charge in [-0.25, -0.2) is 0 Å². The van der Waals surface area contributed by atoms with Gasteiger partial charge < -0.3 is 14.9 Å². The fraction of sp³-hybridized carbons (Fsp3) is 0.0877. The van der Waals surface area contributed by atoms with Crippen molar-refractivity contribution in [3.8, 4) is 44.8 Å². The van der Waals surface area contributed by atoms with Gasteiger partial charge in [0.1, 0.15) is 0 Å². The molecule has 1 atom stereocenters. The van der Waals surface area contributed by atoms with Gasteiger partial charge >= 0.3 is 0 Å². The Hall–Kier alpha value is -6.71. The maximum atomic E-state index is 4.61. The first kappa shape index (κ1) is 39.7. The minimum Gasteiger partial charge on any atom is -0.311 e. The van der Waals surface area contributed by atoms with E-state index in [1.54, 1.807) is 6.20 Å². The third-order valence-corrected chi connectivity index (χ3v) is 12.0. The van der Waals surface area contributed by atoms with Crippen molar-refractivity contribution in [3.05, 3.63) is 246 Å². The molecule has 1 radical (unpaired) electrons. The van der Waals surface area contributed by atoms with Crippen LogP contribution in [0.4, 0.5) is 17.1 Å². The summed E-state index contributed by atoms with van der Waals surface area (Å²) in [5.74, 6) is 0. The van der Waals surface area contributed by atoms with Crippen molar-refractivity contribution >= 4 is 17.1 Å². The average molecular weight is 962 g/mol. The van der Waals surface area contributed by atoms with Crippen LogP contribution < -0.4 is 4.90 Å². The van der Waals surface area contributed by atoms with E-state index in [0.29, 0.717) is 0 Å². The van der Waals surface area contributed by atoms with Gasteiger partial charge in [0, 0.05) is 55.0 Å². The van der Waals surface area contributed by atoms with E-state index in [0.717, 1.165) is 52.4 Å². The number of aryl methyl sites for hydroxylation is 2. The fourth-order valence-electron chi connectivity index (χ4n) is 9.04. The van der Waals surface area contributed by atoms with Crippen molar-refractivity contribution in [2.24, 2.45) is 0 Å². The molecule has 2 heterocycles. The van der Waals surface area contributed by atoms with E-state index in [-0.39, 0.29) is 25.5 Å². The quantitative estimate of drug-likeness (QED) is 0.156. The molecular weight excluding hydrogens is 919 g/mol. The van der Waals surface area contributed by atoms with Crippen LogP contribution in [0.1, 0.15) is 33.4 Å². The molecular formula is C57H43IrN3-2. The van der Waals surface area contributed by atoms with Crippen LogP contribution >= 0.6 is 0 Å². The molecule has 2 aliphatic rings. The summed E-state index contributed by atoms with van der Waals surface area (Å²) in [5, 5.41) is 0. The van der Waals surface area contributed by atoms with Crippen LogP contribution in [0.2, 0.25) is 0 Å². The zero-order valence-electron chi connectivity index (χ0n) is 34.1. The first-order valence-electron chi connectivity index (χ1n) is 20.6. The van der Waals surface area contributed by atoms with Crippen molar-refractivity contribution in [1.82, 2.24) is 9.97 Å². The van der Waals surface area contributed by atoms with Crippen molar-refractivity contribution in [3.63, 3.8) is 0 Å². The molecule has 11 rings (SSSR count). The van der Waals surface area contributed by atoms with Crippen LogP contribution in [0.3, 0.4) is 0 Å². The molecule has 0 bridgehead atoms. The number of aromatic nitrogens is 2. The second-order valence-corrected chi connectivity index (χ2v) is 15.9. The van der Waals surface area contributed by atoms with Gasteiger partial charge in [-0.2, -0.15) is 0 Å². The molecule has 0 saturated heterocycles. The van der Waals surface area contributed by atoms with Crippen molar-refractivity contribution in [1.29, 1.82) is 0 Å². The van der Waals surface area contributed by atoms with Gasteiger partial charge in [0.15, 0.2) is 0 Å². The van der Waals surface area contributed by atoms with E-state index in [2.05, 4.69) is 174 Å². The largest absolute Gasteiger partial charge is 0.311 e.